The van der Waals surface area contributed by atoms with Gasteiger partial charge in [-0.05, 0) is 38.3 Å². The second kappa shape index (κ2) is 4.24. The zero-order valence-electron chi connectivity index (χ0n) is 7.72. The molecular weight excluding hydrogens is 174 g/mol. The molecule has 2 unspecified atom stereocenters. The number of hydrogen-bond donors (Lipinski definition) is 0. The molecule has 1 saturated heterocycles. The van der Waals surface area contributed by atoms with Crippen molar-refractivity contribution in [2.24, 2.45) is 0 Å². The maximum absolute atomic E-state index is 10.7. The highest BCUT2D eigenvalue weighted by molar-refractivity contribution is 6.64. The summed E-state index contributed by atoms with van der Waals surface area (Å²) < 4.78 is 0. The zero-order chi connectivity index (χ0) is 9.14. The maximum atomic E-state index is 10.7. The number of carbonyl (C=O) groups excluding carboxylic acids is 1. The molecule has 0 bridgehead atoms. The van der Waals surface area contributed by atoms with Crippen molar-refractivity contribution in [1.82, 2.24) is 4.90 Å². The molecular formula is C9H16ClNO. The van der Waals surface area contributed by atoms with Crippen LogP contribution >= 0.6 is 11.6 Å². The zero-order valence-corrected chi connectivity index (χ0v) is 8.47. The van der Waals surface area contributed by atoms with Crippen molar-refractivity contribution in [3.63, 3.8) is 0 Å². The Kier molecular flexibility index (Phi) is 3.53. The molecule has 0 aromatic carbocycles. The summed E-state index contributed by atoms with van der Waals surface area (Å²) in [7, 11) is 0. The summed E-state index contributed by atoms with van der Waals surface area (Å²) in [6.07, 6.45) is 3.65. The molecule has 12 heavy (non-hydrogen) atoms. The molecule has 1 aliphatic rings. The van der Waals surface area contributed by atoms with Crippen molar-refractivity contribution >= 4 is 16.8 Å². The van der Waals surface area contributed by atoms with Gasteiger partial charge in [0.2, 0.25) is 5.24 Å². The molecule has 2 atom stereocenters. The number of piperidine rings is 1. The number of nitrogens with zero attached hydrogens (tertiary/aromatic N) is 1. The summed E-state index contributed by atoms with van der Waals surface area (Å²) in [6, 6.07) is 1.02. The van der Waals surface area contributed by atoms with Gasteiger partial charge in [0.15, 0.2) is 0 Å². The largest absolute Gasteiger partial charge is 0.290 e. The molecule has 0 N–H and O–H groups in total. The quantitative estimate of drug-likeness (QED) is 0.620. The Morgan fingerprint density at radius 2 is 1.92 bits per heavy atom. The lowest BCUT2D eigenvalue weighted by atomic mass is 9.98. The molecule has 1 aliphatic heterocycles. The van der Waals surface area contributed by atoms with Crippen molar-refractivity contribution < 1.29 is 4.79 Å². The van der Waals surface area contributed by atoms with E-state index in [0.29, 0.717) is 18.6 Å². The molecule has 1 heterocycles. The van der Waals surface area contributed by atoms with Crippen LogP contribution in [-0.2, 0) is 4.79 Å². The first-order valence-corrected chi connectivity index (χ1v) is 4.93. The normalized spacial score (nSPS) is 31.9. The molecule has 1 fully saturated rings. The van der Waals surface area contributed by atoms with Crippen LogP contribution in [-0.4, -0.2) is 28.8 Å². The van der Waals surface area contributed by atoms with E-state index in [1.54, 1.807) is 0 Å². The van der Waals surface area contributed by atoms with Gasteiger partial charge in [-0.2, -0.15) is 0 Å². The Morgan fingerprint density at radius 1 is 1.42 bits per heavy atom. The highest BCUT2D eigenvalue weighted by Crippen LogP contribution is 2.21. The molecule has 1 rings (SSSR count). The number of carbonyl (C=O) groups is 1. The van der Waals surface area contributed by atoms with Gasteiger partial charge >= 0.3 is 0 Å². The molecule has 0 aromatic rings. The Balaban J connectivity index is 2.50. The summed E-state index contributed by atoms with van der Waals surface area (Å²) >= 11 is 5.36. The first-order valence-electron chi connectivity index (χ1n) is 4.55. The number of rotatable bonds is 2. The summed E-state index contributed by atoms with van der Waals surface area (Å²) in [5.74, 6) is 0. The Labute approximate surface area is 78.9 Å². The molecule has 0 saturated carbocycles. The van der Waals surface area contributed by atoms with Crippen LogP contribution in [0.2, 0.25) is 0 Å². The van der Waals surface area contributed by atoms with Crippen molar-refractivity contribution in [2.75, 3.05) is 6.54 Å². The molecule has 3 heteroatoms. The van der Waals surface area contributed by atoms with Gasteiger partial charge in [-0.15, -0.1) is 0 Å². The van der Waals surface area contributed by atoms with Gasteiger partial charge in [-0.25, -0.2) is 0 Å². The fourth-order valence-electron chi connectivity index (χ4n) is 1.93. The van der Waals surface area contributed by atoms with Crippen molar-refractivity contribution in [1.29, 1.82) is 0 Å². The van der Waals surface area contributed by atoms with Crippen LogP contribution in [0.15, 0.2) is 0 Å². The molecule has 2 nitrogen and oxygen atoms in total. The van der Waals surface area contributed by atoms with E-state index >= 15 is 0 Å². The summed E-state index contributed by atoms with van der Waals surface area (Å²) in [4.78, 5) is 12.9. The van der Waals surface area contributed by atoms with Gasteiger partial charge in [0, 0.05) is 12.1 Å². The average Bonchev–Trinajstić information content (AvgIpc) is 1.97. The second-order valence-corrected chi connectivity index (χ2v) is 4.08. The summed E-state index contributed by atoms with van der Waals surface area (Å²) in [5.41, 5.74) is 0. The minimum absolute atomic E-state index is 0.240. The van der Waals surface area contributed by atoms with Crippen molar-refractivity contribution in [3.8, 4) is 0 Å². The van der Waals surface area contributed by atoms with Gasteiger partial charge in [0.1, 0.15) is 0 Å². The van der Waals surface area contributed by atoms with Gasteiger partial charge < -0.3 is 0 Å². The number of halogens is 1. The molecule has 70 valence electrons. The highest BCUT2D eigenvalue weighted by Gasteiger charge is 2.25. The number of likely N-dealkylation sites (tertiary alicyclic amines) is 1. The SMILES string of the molecule is CC1CCCC(C)N1CC(=O)Cl. The molecule has 0 amide bonds. The Morgan fingerprint density at radius 3 is 2.33 bits per heavy atom. The van der Waals surface area contributed by atoms with Crippen LogP contribution in [0.3, 0.4) is 0 Å². The second-order valence-electron chi connectivity index (χ2n) is 3.66. The first-order chi connectivity index (χ1) is 5.61. The topological polar surface area (TPSA) is 20.3 Å². The molecule has 0 radical (unpaired) electrons. The fourth-order valence-corrected chi connectivity index (χ4v) is 2.07. The van der Waals surface area contributed by atoms with Crippen LogP contribution in [0.4, 0.5) is 0 Å². The molecule has 0 aromatic heterocycles. The van der Waals surface area contributed by atoms with E-state index in [-0.39, 0.29) is 5.24 Å². The lowest BCUT2D eigenvalue weighted by molar-refractivity contribution is -0.114. The standard InChI is InChI=1S/C9H16ClNO/c1-7-4-3-5-8(2)11(7)6-9(10)12/h7-8H,3-6H2,1-2H3. The summed E-state index contributed by atoms with van der Waals surface area (Å²) in [5, 5.41) is -0.240. The van der Waals surface area contributed by atoms with Crippen LogP contribution < -0.4 is 0 Å². The van der Waals surface area contributed by atoms with Gasteiger partial charge in [-0.3, -0.25) is 9.69 Å². The van der Waals surface area contributed by atoms with Gasteiger partial charge in [-0.1, -0.05) is 6.42 Å². The number of hydrogen-bond acceptors (Lipinski definition) is 2. The smallest absolute Gasteiger partial charge is 0.235 e. The fraction of sp³-hybridized carbons (Fsp3) is 0.889. The molecule has 0 aliphatic carbocycles. The van der Waals surface area contributed by atoms with E-state index in [9.17, 15) is 4.79 Å². The minimum atomic E-state index is -0.240. The van der Waals surface area contributed by atoms with Crippen LogP contribution in [0.1, 0.15) is 33.1 Å². The van der Waals surface area contributed by atoms with Gasteiger partial charge in [0.05, 0.1) is 6.54 Å². The Bertz CT molecular complexity index is 162. The predicted octanol–water partition coefficient (Wildman–Crippen LogP) is 2.01. The van der Waals surface area contributed by atoms with Gasteiger partial charge in [0.25, 0.3) is 0 Å². The van der Waals surface area contributed by atoms with E-state index in [1.165, 1.54) is 19.3 Å². The third-order valence-corrected chi connectivity index (χ3v) is 2.80. The maximum Gasteiger partial charge on any atom is 0.235 e. The van der Waals surface area contributed by atoms with Crippen LogP contribution in [0.25, 0.3) is 0 Å². The van der Waals surface area contributed by atoms with E-state index in [2.05, 4.69) is 18.7 Å². The van der Waals surface area contributed by atoms with E-state index in [0.717, 1.165) is 0 Å². The highest BCUT2D eigenvalue weighted by atomic mass is 35.5. The van der Waals surface area contributed by atoms with Crippen LogP contribution in [0, 0.1) is 0 Å². The van der Waals surface area contributed by atoms with E-state index in [4.69, 9.17) is 11.6 Å². The molecule has 0 spiro atoms. The van der Waals surface area contributed by atoms with E-state index in [1.807, 2.05) is 0 Å². The lowest BCUT2D eigenvalue weighted by Crippen LogP contribution is -2.45. The predicted molar refractivity (Wildman–Crippen MR) is 50.3 cm³/mol. The van der Waals surface area contributed by atoms with Crippen LogP contribution in [0.5, 0.6) is 0 Å². The lowest BCUT2D eigenvalue weighted by Gasteiger charge is -2.37. The summed E-state index contributed by atoms with van der Waals surface area (Å²) in [6.45, 7) is 4.73. The van der Waals surface area contributed by atoms with E-state index < -0.39 is 0 Å². The monoisotopic (exact) mass is 189 g/mol. The first kappa shape index (κ1) is 10.0. The third kappa shape index (κ3) is 2.46. The average molecular weight is 190 g/mol. The Hall–Kier alpha value is -0.0800. The van der Waals surface area contributed by atoms with Crippen molar-refractivity contribution in [2.45, 2.75) is 45.2 Å². The van der Waals surface area contributed by atoms with Crippen molar-refractivity contribution in [3.05, 3.63) is 0 Å². The minimum Gasteiger partial charge on any atom is -0.290 e. The third-order valence-electron chi connectivity index (χ3n) is 2.68.